The van der Waals surface area contributed by atoms with Crippen LogP contribution in [0, 0.1) is 34.5 Å². The highest BCUT2D eigenvalue weighted by Gasteiger charge is 2.65. The number of halogens is 2. The first-order chi connectivity index (χ1) is 13.5. The van der Waals surface area contributed by atoms with E-state index in [1.807, 2.05) is 26.8 Å². The van der Waals surface area contributed by atoms with Crippen LogP contribution in [0.2, 0.25) is 0 Å². The van der Waals surface area contributed by atoms with Crippen LogP contribution in [0.5, 0.6) is 0 Å². The van der Waals surface area contributed by atoms with Crippen molar-refractivity contribution in [2.75, 3.05) is 6.61 Å². The first kappa shape index (κ1) is 20.9. The molecule has 4 aliphatic rings. The van der Waals surface area contributed by atoms with Gasteiger partial charge in [0.1, 0.15) is 12.2 Å². The maximum absolute atomic E-state index is 14.1. The molecule has 2 saturated carbocycles. The van der Waals surface area contributed by atoms with E-state index < -0.39 is 41.2 Å². The van der Waals surface area contributed by atoms with Crippen LogP contribution in [0.3, 0.4) is 0 Å². The van der Waals surface area contributed by atoms with E-state index in [1.165, 1.54) is 6.08 Å². The van der Waals surface area contributed by atoms with Gasteiger partial charge in [-0.3, -0.25) is 9.59 Å². The van der Waals surface area contributed by atoms with Crippen LogP contribution in [0.1, 0.15) is 52.9 Å². The Bertz CT molecular complexity index is 818. The lowest BCUT2D eigenvalue weighted by molar-refractivity contribution is -0.156. The van der Waals surface area contributed by atoms with Crippen LogP contribution in [0.4, 0.5) is 8.78 Å². The fraction of sp³-hybridized carbons (Fsp3) is 0.739. The molecule has 0 spiro atoms. The Morgan fingerprint density at radius 2 is 2.00 bits per heavy atom. The molecule has 29 heavy (non-hydrogen) atoms. The zero-order valence-corrected chi connectivity index (χ0v) is 17.3. The number of Topliss-reactive ketones (excluding diaryl/α,β-unsaturated/α-hetero) is 1. The standard InChI is InChI=1S/C23H30F2O4/c1-12-10-21(2)15-4-6-22(3)16(5-7-23(22,29)19(28)11-26)13(15)8-14(20(24)25)17(21)9-18(12)27/h4,9,12-14,16,20,26,29H,5-8,10-11H2,1-3H3/t12-,13-,14+,16+,21-,22+,23+/m1/s1. The van der Waals surface area contributed by atoms with Gasteiger partial charge in [0.15, 0.2) is 11.6 Å². The second-order valence-electron chi connectivity index (χ2n) is 10.1. The minimum Gasteiger partial charge on any atom is -0.388 e. The Balaban J connectivity index is 1.83. The van der Waals surface area contributed by atoms with Gasteiger partial charge in [0.25, 0.3) is 0 Å². The number of alkyl halides is 2. The number of hydrogen-bond donors (Lipinski definition) is 2. The van der Waals surface area contributed by atoms with Crippen LogP contribution >= 0.6 is 0 Å². The molecule has 0 aliphatic heterocycles. The molecule has 0 heterocycles. The summed E-state index contributed by atoms with van der Waals surface area (Å²) in [6, 6.07) is 0. The summed E-state index contributed by atoms with van der Waals surface area (Å²) < 4.78 is 28.2. The van der Waals surface area contributed by atoms with Gasteiger partial charge in [-0.25, -0.2) is 8.78 Å². The van der Waals surface area contributed by atoms with Crippen LogP contribution in [-0.4, -0.2) is 40.4 Å². The zero-order chi connectivity index (χ0) is 21.4. The molecular weight excluding hydrogens is 378 g/mol. The van der Waals surface area contributed by atoms with Crippen molar-refractivity contribution in [1.29, 1.82) is 0 Å². The highest BCUT2D eigenvalue weighted by Crippen LogP contribution is 2.67. The van der Waals surface area contributed by atoms with Crippen LogP contribution in [0.25, 0.3) is 0 Å². The Kier molecular flexibility index (Phi) is 4.71. The summed E-state index contributed by atoms with van der Waals surface area (Å²) in [5.74, 6) is -2.11. The number of hydrogen-bond acceptors (Lipinski definition) is 4. The molecule has 4 aliphatic carbocycles. The molecule has 7 atom stereocenters. The first-order valence-corrected chi connectivity index (χ1v) is 10.6. The highest BCUT2D eigenvalue weighted by molar-refractivity contribution is 5.94. The molecule has 4 nitrogen and oxygen atoms in total. The Morgan fingerprint density at radius 3 is 2.62 bits per heavy atom. The van der Waals surface area contributed by atoms with Crippen LogP contribution < -0.4 is 0 Å². The van der Waals surface area contributed by atoms with Crippen molar-refractivity contribution in [3.05, 3.63) is 23.3 Å². The minimum absolute atomic E-state index is 0.0772. The third kappa shape index (κ3) is 2.61. The number of fused-ring (bicyclic) bond motifs is 5. The predicted molar refractivity (Wildman–Crippen MR) is 103 cm³/mol. The number of carbonyl (C=O) groups is 2. The number of ketones is 2. The van der Waals surface area contributed by atoms with E-state index in [1.54, 1.807) is 0 Å². The van der Waals surface area contributed by atoms with Gasteiger partial charge < -0.3 is 10.2 Å². The average Bonchev–Trinajstić information content (AvgIpc) is 2.94. The molecule has 0 aromatic carbocycles. The lowest BCUT2D eigenvalue weighted by Gasteiger charge is -2.56. The Labute approximate surface area is 170 Å². The van der Waals surface area contributed by atoms with E-state index in [0.29, 0.717) is 24.8 Å². The predicted octanol–water partition coefficient (Wildman–Crippen LogP) is 3.47. The second kappa shape index (κ2) is 6.55. The summed E-state index contributed by atoms with van der Waals surface area (Å²) in [5, 5.41) is 20.6. The molecule has 0 aromatic heterocycles. The van der Waals surface area contributed by atoms with E-state index in [0.717, 1.165) is 5.57 Å². The summed E-state index contributed by atoms with van der Waals surface area (Å²) in [7, 11) is 0. The van der Waals surface area contributed by atoms with E-state index in [2.05, 4.69) is 0 Å². The highest BCUT2D eigenvalue weighted by atomic mass is 19.3. The van der Waals surface area contributed by atoms with Gasteiger partial charge in [-0.1, -0.05) is 32.4 Å². The molecule has 0 radical (unpaired) electrons. The molecule has 0 bridgehead atoms. The molecule has 0 amide bonds. The third-order valence-electron chi connectivity index (χ3n) is 8.80. The largest absolute Gasteiger partial charge is 0.388 e. The van der Waals surface area contributed by atoms with Crippen molar-refractivity contribution in [1.82, 2.24) is 0 Å². The Morgan fingerprint density at radius 1 is 1.31 bits per heavy atom. The number of aliphatic hydroxyl groups is 2. The first-order valence-electron chi connectivity index (χ1n) is 10.6. The summed E-state index contributed by atoms with van der Waals surface area (Å²) in [6.45, 7) is 4.98. The maximum atomic E-state index is 14.1. The number of aliphatic hydroxyl groups excluding tert-OH is 1. The van der Waals surface area contributed by atoms with Gasteiger partial charge in [-0.15, -0.1) is 0 Å². The van der Waals surface area contributed by atoms with E-state index in [4.69, 9.17) is 0 Å². The molecule has 4 rings (SSSR count). The smallest absolute Gasteiger partial charge is 0.245 e. The molecule has 6 heteroatoms. The van der Waals surface area contributed by atoms with Crippen LogP contribution in [0.15, 0.2) is 23.3 Å². The second-order valence-corrected chi connectivity index (χ2v) is 10.1. The molecule has 2 N–H and O–H groups in total. The van der Waals surface area contributed by atoms with Gasteiger partial charge in [0.05, 0.1) is 0 Å². The normalized spacial score (nSPS) is 46.6. The van der Waals surface area contributed by atoms with Crippen molar-refractivity contribution >= 4 is 11.6 Å². The lowest BCUT2D eigenvalue weighted by Crippen LogP contribution is -2.56. The van der Waals surface area contributed by atoms with Crippen molar-refractivity contribution in [3.63, 3.8) is 0 Å². The SMILES string of the molecule is C[C@@H]1C[C@]2(C)C3=CC[C@@]4(C)[C@@H](CC[C@]4(O)C(=O)CO)[C@@H]3C[C@H](C(F)F)C2=CC1=O. The Hall–Kier alpha value is -1.40. The summed E-state index contributed by atoms with van der Waals surface area (Å²) in [4.78, 5) is 24.7. The maximum Gasteiger partial charge on any atom is 0.245 e. The molecule has 0 aromatic rings. The summed E-state index contributed by atoms with van der Waals surface area (Å²) >= 11 is 0. The lowest BCUT2D eigenvalue weighted by atomic mass is 9.48. The monoisotopic (exact) mass is 408 g/mol. The van der Waals surface area contributed by atoms with Gasteiger partial charge in [-0.2, -0.15) is 0 Å². The molecule has 0 unspecified atom stereocenters. The van der Waals surface area contributed by atoms with Gasteiger partial charge in [-0.05, 0) is 55.6 Å². The van der Waals surface area contributed by atoms with Gasteiger partial charge in [0.2, 0.25) is 6.43 Å². The summed E-state index contributed by atoms with van der Waals surface area (Å²) in [6.07, 6.45) is 2.99. The number of carbonyl (C=O) groups excluding carboxylic acids is 2. The molecule has 160 valence electrons. The minimum atomic E-state index is -2.56. The van der Waals surface area contributed by atoms with E-state index >= 15 is 0 Å². The summed E-state index contributed by atoms with van der Waals surface area (Å²) in [5.41, 5.74) is -1.33. The quantitative estimate of drug-likeness (QED) is 0.702. The molecule has 2 fully saturated rings. The molecule has 0 saturated heterocycles. The van der Waals surface area contributed by atoms with Crippen molar-refractivity contribution in [2.45, 2.75) is 64.9 Å². The average molecular weight is 408 g/mol. The van der Waals surface area contributed by atoms with E-state index in [-0.39, 0.29) is 36.4 Å². The van der Waals surface area contributed by atoms with E-state index in [9.17, 15) is 28.6 Å². The van der Waals surface area contributed by atoms with Crippen LogP contribution in [-0.2, 0) is 9.59 Å². The molecular formula is C23H30F2O4. The van der Waals surface area contributed by atoms with Gasteiger partial charge in [0, 0.05) is 22.7 Å². The third-order valence-corrected chi connectivity index (χ3v) is 8.80. The zero-order valence-electron chi connectivity index (χ0n) is 17.3. The van der Waals surface area contributed by atoms with Crippen molar-refractivity contribution in [3.8, 4) is 0 Å². The van der Waals surface area contributed by atoms with Gasteiger partial charge >= 0.3 is 0 Å². The fourth-order valence-electron chi connectivity index (χ4n) is 7.17. The van der Waals surface area contributed by atoms with Crippen molar-refractivity contribution in [2.24, 2.45) is 34.5 Å². The topological polar surface area (TPSA) is 74.6 Å². The fourth-order valence-corrected chi connectivity index (χ4v) is 7.17. The number of rotatable bonds is 3. The number of allylic oxidation sites excluding steroid dienone is 4. The van der Waals surface area contributed by atoms with Crippen molar-refractivity contribution < 1.29 is 28.6 Å².